The maximum atomic E-state index is 12.5. The van der Waals surface area contributed by atoms with Gasteiger partial charge in [-0.25, -0.2) is 9.97 Å². The maximum absolute atomic E-state index is 12.5. The van der Waals surface area contributed by atoms with Crippen LogP contribution in [0.15, 0.2) is 66.0 Å². The first-order valence-corrected chi connectivity index (χ1v) is 8.88. The molecule has 140 valence electrons. The molecule has 3 heterocycles. The van der Waals surface area contributed by atoms with Crippen LogP contribution >= 0.6 is 0 Å². The summed E-state index contributed by atoms with van der Waals surface area (Å²) in [5.74, 6) is -0.305. The summed E-state index contributed by atoms with van der Waals surface area (Å²) in [6.07, 6.45) is 5.26. The summed E-state index contributed by atoms with van der Waals surface area (Å²) in [6, 6.07) is 12.9. The van der Waals surface area contributed by atoms with Crippen LogP contribution in [0.1, 0.15) is 11.3 Å². The number of amides is 1. The molecule has 0 fully saturated rings. The number of carbonyl (C=O) groups excluding carboxylic acids is 1. The van der Waals surface area contributed by atoms with E-state index >= 15 is 0 Å². The Kier molecular flexibility index (Phi) is 4.49. The number of para-hydroxylation sites is 1. The first-order chi connectivity index (χ1) is 13.5. The molecule has 7 nitrogen and oxygen atoms in total. The van der Waals surface area contributed by atoms with E-state index in [9.17, 15) is 9.59 Å². The highest BCUT2D eigenvalue weighted by atomic mass is 16.2. The number of rotatable bonds is 4. The Morgan fingerprint density at radius 1 is 1.14 bits per heavy atom. The molecule has 1 aromatic carbocycles. The van der Waals surface area contributed by atoms with Crippen LogP contribution in [0.2, 0.25) is 0 Å². The van der Waals surface area contributed by atoms with Crippen molar-refractivity contribution in [3.63, 3.8) is 0 Å². The second-order valence-electron chi connectivity index (χ2n) is 6.64. The summed E-state index contributed by atoms with van der Waals surface area (Å²) in [5.41, 5.74) is 4.52. The monoisotopic (exact) mass is 373 g/mol. The lowest BCUT2D eigenvalue weighted by molar-refractivity contribution is -0.116. The van der Waals surface area contributed by atoms with Crippen molar-refractivity contribution in [1.82, 2.24) is 18.9 Å². The summed E-state index contributed by atoms with van der Waals surface area (Å²) in [5, 5.41) is 2.88. The molecule has 0 saturated heterocycles. The van der Waals surface area contributed by atoms with E-state index in [0.717, 1.165) is 22.5 Å². The average molecular weight is 373 g/mol. The molecule has 1 N–H and O–H groups in total. The van der Waals surface area contributed by atoms with Crippen LogP contribution in [0.4, 0.5) is 5.69 Å². The number of nitrogens with zero attached hydrogens (tertiary/aromatic N) is 4. The quantitative estimate of drug-likeness (QED) is 0.596. The van der Waals surface area contributed by atoms with E-state index in [1.165, 1.54) is 17.0 Å². The number of pyridine rings is 1. The summed E-state index contributed by atoms with van der Waals surface area (Å²) < 4.78 is 3.24. The minimum atomic E-state index is -0.305. The van der Waals surface area contributed by atoms with Crippen LogP contribution < -0.4 is 10.9 Å². The highest BCUT2D eigenvalue weighted by Crippen LogP contribution is 2.28. The molecule has 0 spiro atoms. The van der Waals surface area contributed by atoms with E-state index in [1.54, 1.807) is 6.92 Å². The molecule has 0 aliphatic rings. The molecular formula is C21H19N5O2. The number of carbonyl (C=O) groups is 1. The zero-order chi connectivity index (χ0) is 19.7. The molecule has 0 unspecified atom stereocenters. The number of nitrogens with one attached hydrogen (secondary N) is 1. The fourth-order valence-electron chi connectivity index (χ4n) is 3.08. The minimum absolute atomic E-state index is 0.106. The lowest BCUT2D eigenvalue weighted by Crippen LogP contribution is -2.27. The van der Waals surface area contributed by atoms with E-state index in [-0.39, 0.29) is 18.0 Å². The predicted molar refractivity (Wildman–Crippen MR) is 107 cm³/mol. The molecule has 0 bridgehead atoms. The van der Waals surface area contributed by atoms with Gasteiger partial charge in [0.25, 0.3) is 5.56 Å². The van der Waals surface area contributed by atoms with Crippen molar-refractivity contribution < 1.29 is 4.79 Å². The zero-order valence-electron chi connectivity index (χ0n) is 15.6. The summed E-state index contributed by atoms with van der Waals surface area (Å²) >= 11 is 0. The smallest absolute Gasteiger partial charge is 0.253 e. The highest BCUT2D eigenvalue weighted by molar-refractivity contribution is 5.95. The van der Waals surface area contributed by atoms with Gasteiger partial charge in [0, 0.05) is 29.7 Å². The van der Waals surface area contributed by atoms with Crippen LogP contribution in [0.3, 0.4) is 0 Å². The van der Waals surface area contributed by atoms with Gasteiger partial charge in [-0.1, -0.05) is 24.3 Å². The van der Waals surface area contributed by atoms with Gasteiger partial charge in [-0.15, -0.1) is 0 Å². The standard InChI is InChI=1S/C21H19N5O2/c1-14-6-5-9-25-11-18(24-21(14)25)16-7-3-4-8-17(16)23-19(27)12-26-13-22-15(2)10-20(26)28/h3-11,13H,12H2,1-2H3,(H,23,27). The van der Waals surface area contributed by atoms with Gasteiger partial charge in [0.2, 0.25) is 5.91 Å². The molecule has 0 atom stereocenters. The number of benzene rings is 1. The normalized spacial score (nSPS) is 10.9. The van der Waals surface area contributed by atoms with Crippen LogP contribution in [0.25, 0.3) is 16.9 Å². The lowest BCUT2D eigenvalue weighted by atomic mass is 10.1. The second kappa shape index (κ2) is 7.11. The van der Waals surface area contributed by atoms with Crippen LogP contribution in [0, 0.1) is 13.8 Å². The highest BCUT2D eigenvalue weighted by Gasteiger charge is 2.13. The number of hydrogen-bond acceptors (Lipinski definition) is 4. The van der Waals surface area contributed by atoms with Crippen LogP contribution in [0.5, 0.6) is 0 Å². The van der Waals surface area contributed by atoms with Gasteiger partial charge in [0.15, 0.2) is 0 Å². The van der Waals surface area contributed by atoms with Gasteiger partial charge in [0.05, 0.1) is 17.7 Å². The van der Waals surface area contributed by atoms with Crippen molar-refractivity contribution in [3.8, 4) is 11.3 Å². The van der Waals surface area contributed by atoms with Gasteiger partial charge in [0.1, 0.15) is 12.2 Å². The van der Waals surface area contributed by atoms with Gasteiger partial charge in [-0.05, 0) is 31.5 Å². The number of anilines is 1. The molecule has 3 aromatic heterocycles. The summed E-state index contributed by atoms with van der Waals surface area (Å²) in [4.78, 5) is 33.3. The molecule has 0 saturated carbocycles. The van der Waals surface area contributed by atoms with E-state index in [2.05, 4.69) is 10.3 Å². The molecule has 28 heavy (non-hydrogen) atoms. The molecular weight excluding hydrogens is 354 g/mol. The molecule has 7 heteroatoms. The van der Waals surface area contributed by atoms with Crippen molar-refractivity contribution >= 4 is 17.2 Å². The van der Waals surface area contributed by atoms with E-state index in [4.69, 9.17) is 4.98 Å². The fraction of sp³-hybridized carbons (Fsp3) is 0.143. The third-order valence-electron chi connectivity index (χ3n) is 4.49. The van der Waals surface area contributed by atoms with Gasteiger partial charge < -0.3 is 9.72 Å². The number of aryl methyl sites for hydroxylation is 2. The SMILES string of the molecule is Cc1cc(=O)n(CC(=O)Nc2ccccc2-c2cn3cccc(C)c3n2)cn1. The van der Waals surface area contributed by atoms with Gasteiger partial charge in [-0.3, -0.25) is 14.2 Å². The van der Waals surface area contributed by atoms with E-state index < -0.39 is 0 Å². The second-order valence-corrected chi connectivity index (χ2v) is 6.64. The van der Waals surface area contributed by atoms with Gasteiger partial charge in [-0.2, -0.15) is 0 Å². The Hall–Kier alpha value is -3.74. The molecule has 0 aliphatic heterocycles. The zero-order valence-corrected chi connectivity index (χ0v) is 15.6. The molecule has 0 radical (unpaired) electrons. The molecule has 4 rings (SSSR count). The Morgan fingerprint density at radius 2 is 1.96 bits per heavy atom. The Bertz CT molecular complexity index is 1240. The van der Waals surface area contributed by atoms with Crippen molar-refractivity contribution in [1.29, 1.82) is 0 Å². The van der Waals surface area contributed by atoms with E-state index in [0.29, 0.717) is 11.4 Å². The fourth-order valence-corrected chi connectivity index (χ4v) is 3.08. The van der Waals surface area contributed by atoms with Crippen molar-refractivity contribution in [2.75, 3.05) is 5.32 Å². The van der Waals surface area contributed by atoms with E-state index in [1.807, 2.05) is 60.1 Å². The van der Waals surface area contributed by atoms with Crippen LogP contribution in [-0.2, 0) is 11.3 Å². The number of hydrogen-bond donors (Lipinski definition) is 1. The number of aromatic nitrogens is 4. The van der Waals surface area contributed by atoms with Crippen molar-refractivity contribution in [2.24, 2.45) is 0 Å². The van der Waals surface area contributed by atoms with Crippen molar-refractivity contribution in [2.45, 2.75) is 20.4 Å². The predicted octanol–water partition coefficient (Wildman–Crippen LogP) is 2.81. The Morgan fingerprint density at radius 3 is 2.75 bits per heavy atom. The molecule has 0 aliphatic carbocycles. The molecule has 4 aromatic rings. The van der Waals surface area contributed by atoms with Gasteiger partial charge >= 0.3 is 0 Å². The summed E-state index contributed by atoms with van der Waals surface area (Å²) in [6.45, 7) is 3.64. The Labute approximate surface area is 161 Å². The molecule has 1 amide bonds. The number of fused-ring (bicyclic) bond motifs is 1. The minimum Gasteiger partial charge on any atom is -0.324 e. The first kappa shape index (κ1) is 17.7. The number of imidazole rings is 1. The maximum Gasteiger partial charge on any atom is 0.253 e. The third kappa shape index (κ3) is 3.42. The largest absolute Gasteiger partial charge is 0.324 e. The summed E-state index contributed by atoms with van der Waals surface area (Å²) in [7, 11) is 0. The topological polar surface area (TPSA) is 81.3 Å². The first-order valence-electron chi connectivity index (χ1n) is 8.88. The Balaban J connectivity index is 1.63. The lowest BCUT2D eigenvalue weighted by Gasteiger charge is -2.10. The van der Waals surface area contributed by atoms with Crippen molar-refractivity contribution in [3.05, 3.63) is 82.8 Å². The average Bonchev–Trinajstić information content (AvgIpc) is 3.10. The third-order valence-corrected chi connectivity index (χ3v) is 4.49. The van der Waals surface area contributed by atoms with Crippen LogP contribution in [-0.4, -0.2) is 24.8 Å².